The van der Waals surface area contributed by atoms with Crippen molar-refractivity contribution in [3.8, 4) is 0 Å². The summed E-state index contributed by atoms with van der Waals surface area (Å²) in [7, 11) is 4.23. The number of likely N-dealkylation sites (N-methyl/N-ethyl adjacent to an activating group) is 1. The van der Waals surface area contributed by atoms with Gasteiger partial charge in [0.1, 0.15) is 0 Å². The van der Waals surface area contributed by atoms with Gasteiger partial charge in [0, 0.05) is 12.0 Å². The van der Waals surface area contributed by atoms with Crippen molar-refractivity contribution in [2.24, 2.45) is 0 Å². The van der Waals surface area contributed by atoms with E-state index in [9.17, 15) is 4.79 Å². The number of carbonyl (C=O) groups excluding carboxylic acids is 1. The molecular formula is C24H38ClN3O. The highest BCUT2D eigenvalue weighted by atomic mass is 35.5. The van der Waals surface area contributed by atoms with Crippen LogP contribution in [0.25, 0.3) is 10.8 Å². The van der Waals surface area contributed by atoms with Gasteiger partial charge in [0.2, 0.25) is 5.91 Å². The van der Waals surface area contributed by atoms with Crippen LogP contribution in [0.1, 0.15) is 39.2 Å². The van der Waals surface area contributed by atoms with Crippen LogP contribution in [0.2, 0.25) is 0 Å². The molecule has 29 heavy (non-hydrogen) atoms. The molecule has 0 aromatic heterocycles. The van der Waals surface area contributed by atoms with Gasteiger partial charge >= 0.3 is 0 Å². The van der Waals surface area contributed by atoms with Crippen LogP contribution in [0.3, 0.4) is 0 Å². The van der Waals surface area contributed by atoms with Crippen molar-refractivity contribution >= 4 is 29.1 Å². The third kappa shape index (κ3) is 6.70. The second kappa shape index (κ2) is 12.2. The molecule has 5 heteroatoms. The fourth-order valence-electron chi connectivity index (χ4n) is 3.91. The van der Waals surface area contributed by atoms with E-state index < -0.39 is 0 Å². The van der Waals surface area contributed by atoms with Crippen molar-refractivity contribution < 1.29 is 4.79 Å². The zero-order chi connectivity index (χ0) is 20.6. The Balaban J connectivity index is 0.00000420. The topological polar surface area (TPSA) is 35.6 Å². The SMILES string of the molecule is CCN(CC)CC(=O)NCC(CC)(CCN(C)C)c1cccc2ccccc12.Cl. The highest BCUT2D eigenvalue weighted by molar-refractivity contribution is 5.87. The number of carbonyl (C=O) groups is 1. The molecule has 2 rings (SSSR count). The number of nitrogens with one attached hydrogen (secondary N) is 1. The normalized spacial score (nSPS) is 13.3. The van der Waals surface area contributed by atoms with Crippen molar-refractivity contribution in [1.29, 1.82) is 0 Å². The molecule has 1 atom stereocenters. The smallest absolute Gasteiger partial charge is 0.234 e. The van der Waals surface area contributed by atoms with E-state index in [1.807, 2.05) is 0 Å². The maximum Gasteiger partial charge on any atom is 0.234 e. The first-order chi connectivity index (χ1) is 13.5. The van der Waals surface area contributed by atoms with Gasteiger partial charge in [0.05, 0.1) is 6.54 Å². The molecule has 0 fully saturated rings. The van der Waals surface area contributed by atoms with E-state index >= 15 is 0 Å². The van der Waals surface area contributed by atoms with Gasteiger partial charge in [-0.1, -0.05) is 63.2 Å². The van der Waals surface area contributed by atoms with E-state index in [4.69, 9.17) is 0 Å². The van der Waals surface area contributed by atoms with Crippen molar-refractivity contribution in [2.75, 3.05) is 46.8 Å². The molecule has 0 aliphatic rings. The average molecular weight is 420 g/mol. The summed E-state index contributed by atoms with van der Waals surface area (Å²) in [5, 5.41) is 5.82. The molecule has 1 unspecified atom stereocenters. The molecule has 0 bridgehead atoms. The van der Waals surface area contributed by atoms with Crippen molar-refractivity contribution in [3.05, 3.63) is 48.0 Å². The molecule has 0 spiro atoms. The first kappa shape index (κ1) is 25.4. The zero-order valence-electron chi connectivity index (χ0n) is 18.7. The Bertz CT molecular complexity index is 755. The molecule has 0 radical (unpaired) electrons. The van der Waals surface area contributed by atoms with Gasteiger partial charge in [-0.15, -0.1) is 12.4 Å². The molecular weight excluding hydrogens is 382 g/mol. The summed E-state index contributed by atoms with van der Waals surface area (Å²) in [5.74, 6) is 0.117. The zero-order valence-corrected chi connectivity index (χ0v) is 19.5. The summed E-state index contributed by atoms with van der Waals surface area (Å²) in [5.41, 5.74) is 1.27. The molecule has 0 aliphatic heterocycles. The summed E-state index contributed by atoms with van der Waals surface area (Å²) < 4.78 is 0. The molecule has 4 nitrogen and oxygen atoms in total. The van der Waals surface area contributed by atoms with E-state index in [0.29, 0.717) is 13.1 Å². The summed E-state index contributed by atoms with van der Waals surface area (Å²) >= 11 is 0. The van der Waals surface area contributed by atoms with Crippen molar-refractivity contribution in [2.45, 2.75) is 39.0 Å². The summed E-state index contributed by atoms with van der Waals surface area (Å²) in [6.07, 6.45) is 2.00. The maximum atomic E-state index is 12.6. The van der Waals surface area contributed by atoms with Crippen LogP contribution < -0.4 is 5.32 Å². The van der Waals surface area contributed by atoms with Crippen LogP contribution in [-0.4, -0.2) is 62.5 Å². The number of halogens is 1. The summed E-state index contributed by atoms with van der Waals surface area (Å²) in [6.45, 7) is 10.4. The van der Waals surface area contributed by atoms with Gasteiger partial charge in [0.25, 0.3) is 0 Å². The van der Waals surface area contributed by atoms with Gasteiger partial charge in [0.15, 0.2) is 0 Å². The largest absolute Gasteiger partial charge is 0.354 e. The predicted molar refractivity (Wildman–Crippen MR) is 127 cm³/mol. The van der Waals surface area contributed by atoms with E-state index in [1.54, 1.807) is 0 Å². The van der Waals surface area contributed by atoms with Crippen LogP contribution in [0, 0.1) is 0 Å². The van der Waals surface area contributed by atoms with E-state index in [0.717, 1.165) is 32.5 Å². The lowest BCUT2D eigenvalue weighted by atomic mass is 9.73. The highest BCUT2D eigenvalue weighted by Crippen LogP contribution is 2.36. The minimum Gasteiger partial charge on any atom is -0.354 e. The number of amides is 1. The number of hydrogen-bond donors (Lipinski definition) is 1. The Morgan fingerprint density at radius 2 is 1.66 bits per heavy atom. The number of fused-ring (bicyclic) bond motifs is 1. The van der Waals surface area contributed by atoms with Crippen molar-refractivity contribution in [1.82, 2.24) is 15.1 Å². The minimum absolute atomic E-state index is 0. The number of nitrogens with zero attached hydrogens (tertiary/aromatic N) is 2. The van der Waals surface area contributed by atoms with E-state index in [1.165, 1.54) is 16.3 Å². The first-order valence-corrected chi connectivity index (χ1v) is 10.6. The fourth-order valence-corrected chi connectivity index (χ4v) is 3.91. The molecule has 1 amide bonds. The van der Waals surface area contributed by atoms with Gasteiger partial charge in [-0.25, -0.2) is 0 Å². The highest BCUT2D eigenvalue weighted by Gasteiger charge is 2.32. The van der Waals surface area contributed by atoms with Gasteiger partial charge in [-0.3, -0.25) is 9.69 Å². The van der Waals surface area contributed by atoms with Gasteiger partial charge in [-0.2, -0.15) is 0 Å². The standard InChI is InChI=1S/C24H37N3O.ClH/c1-6-24(16-17-26(4)5,19-25-23(28)18-27(7-2)8-3)22-15-11-13-20-12-9-10-14-21(20)22;/h9-15H,6-8,16-19H2,1-5H3,(H,25,28);1H. The summed E-state index contributed by atoms with van der Waals surface area (Å²) in [4.78, 5) is 17.0. The number of hydrogen-bond acceptors (Lipinski definition) is 3. The minimum atomic E-state index is -0.0793. The molecule has 0 saturated heterocycles. The van der Waals surface area contributed by atoms with Crippen LogP contribution in [0.15, 0.2) is 42.5 Å². The molecule has 2 aromatic rings. The molecule has 1 N–H and O–H groups in total. The second-order valence-electron chi connectivity index (χ2n) is 7.95. The molecule has 2 aromatic carbocycles. The number of benzene rings is 2. The van der Waals surface area contributed by atoms with Crippen LogP contribution in [0.4, 0.5) is 0 Å². The Kier molecular flexibility index (Phi) is 10.7. The predicted octanol–water partition coefficient (Wildman–Crippen LogP) is 4.32. The number of rotatable bonds is 11. The summed E-state index contributed by atoms with van der Waals surface area (Å²) in [6, 6.07) is 15.1. The molecule has 0 aliphatic carbocycles. The van der Waals surface area contributed by atoms with Crippen molar-refractivity contribution in [3.63, 3.8) is 0 Å². The van der Waals surface area contributed by atoms with Gasteiger partial charge < -0.3 is 10.2 Å². The van der Waals surface area contributed by atoms with Gasteiger partial charge in [-0.05, 0) is 62.9 Å². The average Bonchev–Trinajstić information content (AvgIpc) is 2.72. The van der Waals surface area contributed by atoms with Crippen LogP contribution >= 0.6 is 12.4 Å². The maximum absolute atomic E-state index is 12.6. The van der Waals surface area contributed by atoms with E-state index in [2.05, 4.69) is 92.4 Å². The molecule has 162 valence electrons. The quantitative estimate of drug-likeness (QED) is 0.589. The monoisotopic (exact) mass is 419 g/mol. The Morgan fingerprint density at radius 1 is 1.00 bits per heavy atom. The third-order valence-corrected chi connectivity index (χ3v) is 5.96. The van der Waals surface area contributed by atoms with Crippen LogP contribution in [0.5, 0.6) is 0 Å². The molecule has 0 heterocycles. The lowest BCUT2D eigenvalue weighted by Crippen LogP contribution is -2.45. The Morgan fingerprint density at radius 3 is 2.28 bits per heavy atom. The fraction of sp³-hybridized carbons (Fsp3) is 0.542. The Hall–Kier alpha value is -1.62. The van der Waals surface area contributed by atoms with E-state index in [-0.39, 0.29) is 23.7 Å². The third-order valence-electron chi connectivity index (χ3n) is 5.96. The second-order valence-corrected chi connectivity index (χ2v) is 7.95. The Labute approximate surface area is 183 Å². The lowest BCUT2D eigenvalue weighted by Gasteiger charge is -2.36. The molecule has 0 saturated carbocycles. The van der Waals surface area contributed by atoms with Crippen LogP contribution in [-0.2, 0) is 10.2 Å². The lowest BCUT2D eigenvalue weighted by molar-refractivity contribution is -0.122. The first-order valence-electron chi connectivity index (χ1n) is 10.6.